The van der Waals surface area contributed by atoms with Crippen LogP contribution in [0.2, 0.25) is 5.02 Å². The number of nitrogens with zero attached hydrogens (tertiary/aromatic N) is 1. The predicted molar refractivity (Wildman–Crippen MR) is 82.6 cm³/mol. The summed E-state index contributed by atoms with van der Waals surface area (Å²) in [6, 6.07) is 8.50. The van der Waals surface area contributed by atoms with Crippen molar-refractivity contribution >= 4 is 24.2 Å². The van der Waals surface area contributed by atoms with Crippen LogP contribution in [-0.2, 0) is 0 Å². The van der Waals surface area contributed by atoms with Gasteiger partial charge in [0.15, 0.2) is 0 Å². The third-order valence-electron chi connectivity index (χ3n) is 4.35. The molecule has 1 aromatic carbocycles. The van der Waals surface area contributed by atoms with Crippen LogP contribution in [0.3, 0.4) is 0 Å². The summed E-state index contributed by atoms with van der Waals surface area (Å²) in [6.07, 6.45) is 3.99. The summed E-state index contributed by atoms with van der Waals surface area (Å²) in [5.74, 6) is 0.993. The highest BCUT2D eigenvalue weighted by atomic mass is 35.5. The minimum absolute atomic E-state index is 0.357. The Morgan fingerprint density at radius 1 is 1.39 bits per heavy atom. The van der Waals surface area contributed by atoms with E-state index in [9.17, 15) is 0 Å². The Hall–Kier alpha value is -0.180. The fourth-order valence-electron chi connectivity index (χ4n) is 2.76. The van der Waals surface area contributed by atoms with Crippen molar-refractivity contribution in [1.82, 2.24) is 4.90 Å². The Bertz CT molecular complexity index is 398. The molecule has 1 saturated carbocycles. The SMILES string of the molecule is CC(c1ccccc1Cl)N(C)CC1(CS)CCC1. The van der Waals surface area contributed by atoms with Crippen LogP contribution in [0.5, 0.6) is 0 Å². The molecule has 3 heteroatoms. The maximum Gasteiger partial charge on any atom is 0.0453 e. The summed E-state index contributed by atoms with van der Waals surface area (Å²) in [4.78, 5) is 2.41. The van der Waals surface area contributed by atoms with E-state index in [1.165, 1.54) is 24.8 Å². The van der Waals surface area contributed by atoms with Crippen LogP contribution in [0.4, 0.5) is 0 Å². The average Bonchev–Trinajstić information content (AvgIpc) is 2.33. The topological polar surface area (TPSA) is 3.24 Å². The lowest BCUT2D eigenvalue weighted by molar-refractivity contribution is 0.0855. The largest absolute Gasteiger partial charge is 0.299 e. The van der Waals surface area contributed by atoms with E-state index >= 15 is 0 Å². The monoisotopic (exact) mass is 283 g/mol. The standard InChI is InChI=1S/C15H22ClNS/c1-12(13-6-3-4-7-14(13)16)17(2)10-15(11-18)8-5-9-15/h3-4,6-7,12,18H,5,8-11H2,1-2H3. The zero-order chi connectivity index (χ0) is 13.2. The number of halogens is 1. The molecule has 0 heterocycles. The van der Waals surface area contributed by atoms with Crippen LogP contribution in [0.15, 0.2) is 24.3 Å². The minimum Gasteiger partial charge on any atom is -0.299 e. The molecule has 1 aromatic rings. The van der Waals surface area contributed by atoms with Crippen LogP contribution in [-0.4, -0.2) is 24.2 Å². The first kappa shape index (κ1) is 14.2. The molecule has 0 aromatic heterocycles. The molecule has 2 rings (SSSR count). The van der Waals surface area contributed by atoms with Crippen LogP contribution in [0, 0.1) is 5.41 Å². The predicted octanol–water partition coefficient (Wildman–Crippen LogP) is 4.43. The highest BCUT2D eigenvalue weighted by Gasteiger charge is 2.37. The summed E-state index contributed by atoms with van der Waals surface area (Å²) in [6.45, 7) is 3.34. The van der Waals surface area contributed by atoms with Crippen LogP contribution in [0.25, 0.3) is 0 Å². The van der Waals surface area contributed by atoms with Gasteiger partial charge in [-0.3, -0.25) is 4.90 Å². The molecule has 0 N–H and O–H groups in total. The second-order valence-electron chi connectivity index (χ2n) is 5.62. The second kappa shape index (κ2) is 5.85. The Morgan fingerprint density at radius 2 is 2.06 bits per heavy atom. The molecule has 1 fully saturated rings. The molecule has 0 aliphatic heterocycles. The van der Waals surface area contributed by atoms with Gasteiger partial charge in [0.05, 0.1) is 0 Å². The van der Waals surface area contributed by atoms with Gasteiger partial charge in [0.25, 0.3) is 0 Å². The van der Waals surface area contributed by atoms with Gasteiger partial charge in [-0.1, -0.05) is 36.2 Å². The zero-order valence-corrected chi connectivity index (χ0v) is 12.8. The van der Waals surface area contributed by atoms with Crippen molar-refractivity contribution in [3.63, 3.8) is 0 Å². The van der Waals surface area contributed by atoms with Crippen LogP contribution < -0.4 is 0 Å². The van der Waals surface area contributed by atoms with Crippen molar-refractivity contribution in [3.05, 3.63) is 34.9 Å². The van der Waals surface area contributed by atoms with Crippen molar-refractivity contribution in [2.24, 2.45) is 5.41 Å². The number of hydrogen-bond acceptors (Lipinski definition) is 2. The lowest BCUT2D eigenvalue weighted by Gasteiger charge is -2.45. The van der Waals surface area contributed by atoms with Gasteiger partial charge in [-0.25, -0.2) is 0 Å². The van der Waals surface area contributed by atoms with E-state index in [4.69, 9.17) is 11.6 Å². The highest BCUT2D eigenvalue weighted by molar-refractivity contribution is 7.80. The second-order valence-corrected chi connectivity index (χ2v) is 6.35. The third kappa shape index (κ3) is 2.87. The summed E-state index contributed by atoms with van der Waals surface area (Å²) >= 11 is 10.8. The number of thiol groups is 1. The van der Waals surface area contributed by atoms with Gasteiger partial charge >= 0.3 is 0 Å². The summed E-state index contributed by atoms with van der Waals surface area (Å²) in [5.41, 5.74) is 1.66. The van der Waals surface area contributed by atoms with Crippen LogP contribution >= 0.6 is 24.2 Å². The Kier molecular flexibility index (Phi) is 4.63. The molecule has 100 valence electrons. The number of hydrogen-bond donors (Lipinski definition) is 1. The van der Waals surface area contributed by atoms with E-state index in [0.717, 1.165) is 17.3 Å². The van der Waals surface area contributed by atoms with Gasteiger partial charge < -0.3 is 0 Å². The fourth-order valence-corrected chi connectivity index (χ4v) is 3.47. The number of benzene rings is 1. The molecule has 1 unspecified atom stereocenters. The van der Waals surface area contributed by atoms with E-state index in [0.29, 0.717) is 11.5 Å². The van der Waals surface area contributed by atoms with E-state index in [1.54, 1.807) is 0 Å². The molecule has 0 amide bonds. The van der Waals surface area contributed by atoms with Gasteiger partial charge in [-0.15, -0.1) is 0 Å². The zero-order valence-electron chi connectivity index (χ0n) is 11.2. The van der Waals surface area contributed by atoms with E-state index in [2.05, 4.69) is 43.6 Å². The van der Waals surface area contributed by atoms with Crippen LogP contribution in [0.1, 0.15) is 37.8 Å². The molecule has 0 bridgehead atoms. The summed E-state index contributed by atoms with van der Waals surface area (Å²) < 4.78 is 0. The first-order chi connectivity index (χ1) is 8.58. The van der Waals surface area contributed by atoms with E-state index < -0.39 is 0 Å². The van der Waals surface area contributed by atoms with Crippen molar-refractivity contribution in [3.8, 4) is 0 Å². The van der Waals surface area contributed by atoms with Gasteiger partial charge in [0, 0.05) is 17.6 Å². The lowest BCUT2D eigenvalue weighted by Crippen LogP contribution is -2.43. The molecule has 0 saturated heterocycles. The van der Waals surface area contributed by atoms with Crippen molar-refractivity contribution in [2.75, 3.05) is 19.3 Å². The van der Waals surface area contributed by atoms with Gasteiger partial charge in [-0.05, 0) is 49.6 Å². The first-order valence-electron chi connectivity index (χ1n) is 6.63. The minimum atomic E-state index is 0.357. The third-order valence-corrected chi connectivity index (χ3v) is 5.37. The number of rotatable bonds is 5. The fraction of sp³-hybridized carbons (Fsp3) is 0.600. The average molecular weight is 284 g/mol. The van der Waals surface area contributed by atoms with Crippen molar-refractivity contribution in [2.45, 2.75) is 32.2 Å². The molecule has 1 atom stereocenters. The summed E-state index contributed by atoms with van der Waals surface area (Å²) in [7, 11) is 2.19. The van der Waals surface area contributed by atoms with Crippen molar-refractivity contribution < 1.29 is 0 Å². The maximum absolute atomic E-state index is 6.27. The molecular weight excluding hydrogens is 262 g/mol. The van der Waals surface area contributed by atoms with Gasteiger partial charge in [0.2, 0.25) is 0 Å². The normalized spacial score (nSPS) is 19.6. The molecule has 18 heavy (non-hydrogen) atoms. The maximum atomic E-state index is 6.27. The highest BCUT2D eigenvalue weighted by Crippen LogP contribution is 2.43. The molecule has 1 nitrogen and oxygen atoms in total. The summed E-state index contributed by atoms with van der Waals surface area (Å²) in [5, 5.41) is 0.866. The lowest BCUT2D eigenvalue weighted by atomic mass is 9.70. The molecule has 0 spiro atoms. The molecule has 1 aliphatic rings. The Labute approximate surface area is 121 Å². The Balaban J connectivity index is 2.05. The quantitative estimate of drug-likeness (QED) is 0.782. The van der Waals surface area contributed by atoms with E-state index in [-0.39, 0.29) is 0 Å². The van der Waals surface area contributed by atoms with Gasteiger partial charge in [0.1, 0.15) is 0 Å². The van der Waals surface area contributed by atoms with Gasteiger partial charge in [-0.2, -0.15) is 12.6 Å². The molecular formula is C15H22ClNS. The molecule has 0 radical (unpaired) electrons. The first-order valence-corrected chi connectivity index (χ1v) is 7.64. The smallest absolute Gasteiger partial charge is 0.0453 e. The Morgan fingerprint density at radius 3 is 2.56 bits per heavy atom. The van der Waals surface area contributed by atoms with E-state index in [1.807, 2.05) is 12.1 Å². The van der Waals surface area contributed by atoms with Crippen molar-refractivity contribution in [1.29, 1.82) is 0 Å². The molecule has 1 aliphatic carbocycles.